The van der Waals surface area contributed by atoms with Gasteiger partial charge in [-0.25, -0.2) is 4.79 Å². The highest BCUT2D eigenvalue weighted by Crippen LogP contribution is 2.09. The lowest BCUT2D eigenvalue weighted by Crippen LogP contribution is -2.04. The summed E-state index contributed by atoms with van der Waals surface area (Å²) in [4.78, 5) is 24.2. The van der Waals surface area contributed by atoms with Gasteiger partial charge in [0.25, 0.3) is 0 Å². The fraction of sp³-hybridized carbons (Fsp3) is 0.250. The largest absolute Gasteiger partial charge is 0.464 e. The van der Waals surface area contributed by atoms with Gasteiger partial charge in [0.2, 0.25) is 5.91 Å². The molecule has 0 saturated heterocycles. The van der Waals surface area contributed by atoms with Crippen molar-refractivity contribution in [2.75, 3.05) is 12.4 Å². The number of hydrogen-bond donors (Lipinski definition) is 2. The molecule has 1 aromatic heterocycles. The molecule has 0 bridgehead atoms. The van der Waals surface area contributed by atoms with Gasteiger partial charge in [-0.2, -0.15) is 0 Å². The number of carbonyl (C=O) groups excluding carboxylic acids is 2. The first kappa shape index (κ1) is 9.31. The molecule has 1 aromatic rings. The van der Waals surface area contributed by atoms with Gasteiger partial charge >= 0.3 is 5.97 Å². The van der Waals surface area contributed by atoms with E-state index in [-0.39, 0.29) is 5.91 Å². The predicted octanol–water partition coefficient (Wildman–Crippen LogP) is 0.760. The van der Waals surface area contributed by atoms with E-state index in [1.807, 2.05) is 0 Å². The normalized spacial score (nSPS) is 9.38. The van der Waals surface area contributed by atoms with Crippen molar-refractivity contribution in [1.29, 1.82) is 0 Å². The summed E-state index contributed by atoms with van der Waals surface area (Å²) in [5.41, 5.74) is 0.860. The van der Waals surface area contributed by atoms with Crippen molar-refractivity contribution in [2.45, 2.75) is 6.92 Å². The molecule has 0 unspecified atom stereocenters. The molecular formula is C8H10N2O3. The maximum Gasteiger partial charge on any atom is 0.354 e. The average Bonchev–Trinajstić information content (AvgIpc) is 2.50. The van der Waals surface area contributed by atoms with Crippen LogP contribution in [0.5, 0.6) is 0 Å². The van der Waals surface area contributed by atoms with Gasteiger partial charge in [0.15, 0.2) is 0 Å². The van der Waals surface area contributed by atoms with Gasteiger partial charge < -0.3 is 15.0 Å². The standard InChI is InChI=1S/C8H10N2O3/c1-5(11)10-6-3-7(9-4-6)8(12)13-2/h3-4,9H,1-2H3,(H,10,11). The van der Waals surface area contributed by atoms with Gasteiger partial charge in [-0.05, 0) is 6.07 Å². The summed E-state index contributed by atoms with van der Waals surface area (Å²) in [6, 6.07) is 1.51. The average molecular weight is 182 g/mol. The van der Waals surface area contributed by atoms with Crippen molar-refractivity contribution in [2.24, 2.45) is 0 Å². The first-order valence-corrected chi connectivity index (χ1v) is 3.68. The second-order valence-electron chi connectivity index (χ2n) is 2.47. The van der Waals surface area contributed by atoms with Gasteiger partial charge in [-0.15, -0.1) is 0 Å². The Balaban J connectivity index is 2.74. The van der Waals surface area contributed by atoms with E-state index in [4.69, 9.17) is 0 Å². The van der Waals surface area contributed by atoms with Crippen LogP contribution in [0.3, 0.4) is 0 Å². The van der Waals surface area contributed by atoms with Gasteiger partial charge in [0.05, 0.1) is 12.8 Å². The maximum atomic E-state index is 10.9. The first-order valence-electron chi connectivity index (χ1n) is 3.68. The van der Waals surface area contributed by atoms with Crippen LogP contribution in [0.25, 0.3) is 0 Å². The van der Waals surface area contributed by atoms with Gasteiger partial charge in [0, 0.05) is 13.1 Å². The molecule has 0 aliphatic carbocycles. The van der Waals surface area contributed by atoms with Crippen molar-refractivity contribution in [1.82, 2.24) is 4.98 Å². The third kappa shape index (κ3) is 2.33. The summed E-state index contributed by atoms with van der Waals surface area (Å²) in [5, 5.41) is 2.53. The number of anilines is 1. The van der Waals surface area contributed by atoms with Gasteiger partial charge in [0.1, 0.15) is 5.69 Å². The number of H-pyrrole nitrogens is 1. The van der Waals surface area contributed by atoms with Crippen molar-refractivity contribution >= 4 is 17.6 Å². The van der Waals surface area contributed by atoms with Crippen molar-refractivity contribution in [3.8, 4) is 0 Å². The molecule has 0 saturated carbocycles. The SMILES string of the molecule is COC(=O)c1cc(NC(C)=O)c[nH]1. The van der Waals surface area contributed by atoms with Crippen molar-refractivity contribution in [3.05, 3.63) is 18.0 Å². The van der Waals surface area contributed by atoms with Crippen LogP contribution in [0, 0.1) is 0 Å². The molecular weight excluding hydrogens is 172 g/mol. The Kier molecular flexibility index (Phi) is 2.69. The molecule has 0 aromatic carbocycles. The zero-order valence-corrected chi connectivity index (χ0v) is 7.38. The highest BCUT2D eigenvalue weighted by atomic mass is 16.5. The Bertz CT molecular complexity index is 330. The molecule has 1 amide bonds. The molecule has 1 heterocycles. The minimum absolute atomic E-state index is 0.185. The van der Waals surface area contributed by atoms with E-state index >= 15 is 0 Å². The monoisotopic (exact) mass is 182 g/mol. The number of ether oxygens (including phenoxy) is 1. The molecule has 0 spiro atoms. The Labute approximate surface area is 75.1 Å². The summed E-state index contributed by atoms with van der Waals surface area (Å²) in [6.07, 6.45) is 1.52. The molecule has 2 N–H and O–H groups in total. The van der Waals surface area contributed by atoms with Crippen LogP contribution in [0.4, 0.5) is 5.69 Å². The first-order chi connectivity index (χ1) is 6.13. The van der Waals surface area contributed by atoms with E-state index in [1.165, 1.54) is 26.3 Å². The van der Waals surface area contributed by atoms with E-state index < -0.39 is 5.97 Å². The molecule has 13 heavy (non-hydrogen) atoms. The smallest absolute Gasteiger partial charge is 0.354 e. The third-order valence-corrected chi connectivity index (χ3v) is 1.41. The summed E-state index contributed by atoms with van der Waals surface area (Å²) < 4.78 is 4.47. The van der Waals surface area contributed by atoms with Crippen LogP contribution in [0.2, 0.25) is 0 Å². The summed E-state index contributed by atoms with van der Waals surface area (Å²) in [5.74, 6) is -0.646. The number of carbonyl (C=O) groups is 2. The fourth-order valence-electron chi connectivity index (χ4n) is 0.898. The number of amides is 1. The Hall–Kier alpha value is -1.78. The van der Waals surface area contributed by atoms with Crippen molar-refractivity contribution in [3.63, 3.8) is 0 Å². The lowest BCUT2D eigenvalue weighted by Gasteiger charge is -1.94. The molecule has 0 aliphatic rings. The Morgan fingerprint density at radius 2 is 2.23 bits per heavy atom. The van der Waals surface area contributed by atoms with Gasteiger partial charge in [-0.1, -0.05) is 0 Å². The van der Waals surface area contributed by atoms with Crippen molar-refractivity contribution < 1.29 is 14.3 Å². The van der Waals surface area contributed by atoms with E-state index in [1.54, 1.807) is 0 Å². The van der Waals surface area contributed by atoms with Crippen LogP contribution >= 0.6 is 0 Å². The number of rotatable bonds is 2. The second-order valence-corrected chi connectivity index (χ2v) is 2.47. The molecule has 5 nitrogen and oxygen atoms in total. The minimum atomic E-state index is -0.461. The van der Waals surface area contributed by atoms with Crippen LogP contribution in [0.15, 0.2) is 12.3 Å². The lowest BCUT2D eigenvalue weighted by atomic mass is 10.4. The van der Waals surface area contributed by atoms with E-state index in [9.17, 15) is 9.59 Å². The molecule has 0 fully saturated rings. The van der Waals surface area contributed by atoms with Crippen LogP contribution in [0.1, 0.15) is 17.4 Å². The number of aromatic amines is 1. The molecule has 0 atom stereocenters. The number of nitrogens with one attached hydrogen (secondary N) is 2. The van der Waals surface area contributed by atoms with Gasteiger partial charge in [-0.3, -0.25) is 4.79 Å². The fourth-order valence-corrected chi connectivity index (χ4v) is 0.898. The maximum absolute atomic E-state index is 10.9. The Morgan fingerprint density at radius 1 is 1.54 bits per heavy atom. The van der Waals surface area contributed by atoms with Crippen LogP contribution in [-0.2, 0) is 9.53 Å². The predicted molar refractivity (Wildman–Crippen MR) is 46.4 cm³/mol. The number of esters is 1. The zero-order valence-electron chi connectivity index (χ0n) is 7.38. The molecule has 0 radical (unpaired) electrons. The van der Waals surface area contributed by atoms with Crippen LogP contribution < -0.4 is 5.32 Å². The van der Waals surface area contributed by atoms with E-state index in [2.05, 4.69) is 15.0 Å². The highest BCUT2D eigenvalue weighted by molar-refractivity contribution is 5.92. The number of aromatic nitrogens is 1. The topological polar surface area (TPSA) is 71.2 Å². The third-order valence-electron chi connectivity index (χ3n) is 1.41. The molecule has 0 aliphatic heterocycles. The number of hydrogen-bond acceptors (Lipinski definition) is 3. The van der Waals surface area contributed by atoms with Crippen LogP contribution in [-0.4, -0.2) is 24.0 Å². The van der Waals surface area contributed by atoms with E-state index in [0.717, 1.165) is 0 Å². The zero-order chi connectivity index (χ0) is 9.84. The summed E-state index contributed by atoms with van der Waals surface area (Å²) in [6.45, 7) is 1.39. The minimum Gasteiger partial charge on any atom is -0.464 e. The Morgan fingerprint density at radius 3 is 2.77 bits per heavy atom. The van der Waals surface area contributed by atoms with E-state index in [0.29, 0.717) is 11.4 Å². The molecule has 5 heteroatoms. The quantitative estimate of drug-likeness (QED) is 0.663. The number of methoxy groups -OCH3 is 1. The summed E-state index contributed by atoms with van der Waals surface area (Å²) in [7, 11) is 1.29. The lowest BCUT2D eigenvalue weighted by molar-refractivity contribution is -0.114. The molecule has 70 valence electrons. The molecule has 1 rings (SSSR count). The second kappa shape index (κ2) is 3.75. The highest BCUT2D eigenvalue weighted by Gasteiger charge is 2.08. The summed E-state index contributed by atoms with van der Waals surface area (Å²) >= 11 is 0.